The first kappa shape index (κ1) is 27.7. The van der Waals surface area contributed by atoms with Crippen molar-refractivity contribution < 1.29 is 27.4 Å². The lowest BCUT2D eigenvalue weighted by atomic mass is 9.91. The Kier molecular flexibility index (Phi) is 8.64. The minimum atomic E-state index is -4.44. The summed E-state index contributed by atoms with van der Waals surface area (Å²) in [5.74, 6) is 0.341. The molecule has 210 valence electrons. The maximum atomic E-state index is 12.5. The van der Waals surface area contributed by atoms with E-state index in [9.17, 15) is 18.0 Å². The van der Waals surface area contributed by atoms with E-state index >= 15 is 0 Å². The van der Waals surface area contributed by atoms with Crippen molar-refractivity contribution in [1.82, 2.24) is 4.90 Å². The number of carbonyl (C=O) groups is 1. The molecule has 1 aromatic heterocycles. The molecular formula is C29H34F3N3O3S. The second-order valence-electron chi connectivity index (χ2n) is 10.2. The van der Waals surface area contributed by atoms with Crippen LogP contribution in [0.2, 0.25) is 0 Å². The molecular weight excluding hydrogens is 527 g/mol. The van der Waals surface area contributed by atoms with Crippen LogP contribution in [-0.2, 0) is 9.53 Å². The number of thiophene rings is 1. The van der Waals surface area contributed by atoms with Gasteiger partial charge in [0.25, 0.3) is 0 Å². The Hall–Kier alpha value is -2.82. The average molecular weight is 562 g/mol. The number of amides is 1. The molecule has 2 aliphatic heterocycles. The van der Waals surface area contributed by atoms with E-state index in [-0.39, 0.29) is 18.2 Å². The fourth-order valence-corrected chi connectivity index (χ4v) is 6.18. The average Bonchev–Trinajstić information content (AvgIpc) is 3.39. The van der Waals surface area contributed by atoms with Gasteiger partial charge in [-0.2, -0.15) is 13.2 Å². The van der Waals surface area contributed by atoms with E-state index in [2.05, 4.69) is 39.4 Å². The zero-order valence-electron chi connectivity index (χ0n) is 22.1. The van der Waals surface area contributed by atoms with Crippen LogP contribution < -0.4 is 14.5 Å². The van der Waals surface area contributed by atoms with Crippen molar-refractivity contribution in [2.24, 2.45) is 0 Å². The third kappa shape index (κ3) is 6.85. The van der Waals surface area contributed by atoms with Crippen molar-refractivity contribution in [2.75, 3.05) is 62.5 Å². The molecule has 1 atom stereocenters. The molecule has 1 unspecified atom stereocenters. The van der Waals surface area contributed by atoms with Crippen molar-refractivity contribution in [3.63, 3.8) is 0 Å². The van der Waals surface area contributed by atoms with Gasteiger partial charge in [0.1, 0.15) is 19.1 Å². The summed E-state index contributed by atoms with van der Waals surface area (Å²) >= 11 is 1.78. The molecule has 1 saturated heterocycles. The number of unbranched alkanes of at least 4 members (excludes halogenated alkanes) is 1. The van der Waals surface area contributed by atoms with E-state index in [1.54, 1.807) is 17.4 Å². The van der Waals surface area contributed by atoms with Crippen molar-refractivity contribution in [1.29, 1.82) is 0 Å². The zero-order valence-corrected chi connectivity index (χ0v) is 22.9. The molecule has 3 aromatic rings. The minimum Gasteiger partial charge on any atom is -0.494 e. The number of ether oxygens (including phenoxy) is 2. The van der Waals surface area contributed by atoms with Crippen LogP contribution in [0.3, 0.4) is 0 Å². The Morgan fingerprint density at radius 2 is 1.85 bits per heavy atom. The predicted molar refractivity (Wildman–Crippen MR) is 149 cm³/mol. The van der Waals surface area contributed by atoms with E-state index in [0.29, 0.717) is 18.0 Å². The molecule has 0 bridgehead atoms. The summed E-state index contributed by atoms with van der Waals surface area (Å²) in [6.45, 7) is 5.76. The topological polar surface area (TPSA) is 45.3 Å². The highest BCUT2D eigenvalue weighted by molar-refractivity contribution is 7.17. The van der Waals surface area contributed by atoms with Gasteiger partial charge < -0.3 is 14.4 Å². The van der Waals surface area contributed by atoms with Gasteiger partial charge in [-0.25, -0.2) is 0 Å². The molecule has 2 aromatic carbocycles. The molecule has 6 nitrogen and oxygen atoms in total. The van der Waals surface area contributed by atoms with Gasteiger partial charge in [0, 0.05) is 54.4 Å². The lowest BCUT2D eigenvalue weighted by Crippen LogP contribution is -2.46. The zero-order chi connectivity index (χ0) is 27.4. The Bertz CT molecular complexity index is 1270. The maximum Gasteiger partial charge on any atom is 0.411 e. The molecule has 2 aliphatic rings. The largest absolute Gasteiger partial charge is 0.494 e. The van der Waals surface area contributed by atoms with Gasteiger partial charge in [-0.15, -0.1) is 11.3 Å². The predicted octanol–water partition coefficient (Wildman–Crippen LogP) is 6.26. The number of hydrogen-bond acceptors (Lipinski definition) is 6. The smallest absolute Gasteiger partial charge is 0.411 e. The highest BCUT2D eigenvalue weighted by Gasteiger charge is 2.32. The van der Waals surface area contributed by atoms with Gasteiger partial charge in [-0.3, -0.25) is 14.6 Å². The van der Waals surface area contributed by atoms with Crippen molar-refractivity contribution in [3.05, 3.63) is 53.4 Å². The third-order valence-electron chi connectivity index (χ3n) is 7.41. The van der Waals surface area contributed by atoms with Gasteiger partial charge in [0.15, 0.2) is 0 Å². The molecule has 5 rings (SSSR count). The fraction of sp³-hybridized carbons (Fsp3) is 0.483. The van der Waals surface area contributed by atoms with Gasteiger partial charge in [0.05, 0.1) is 12.3 Å². The van der Waals surface area contributed by atoms with Gasteiger partial charge >= 0.3 is 6.18 Å². The number of carbonyl (C=O) groups excluding carboxylic acids is 1. The van der Waals surface area contributed by atoms with Crippen LogP contribution in [0.4, 0.5) is 24.5 Å². The van der Waals surface area contributed by atoms with Crippen molar-refractivity contribution in [3.8, 4) is 5.75 Å². The molecule has 39 heavy (non-hydrogen) atoms. The number of benzene rings is 2. The molecule has 0 radical (unpaired) electrons. The van der Waals surface area contributed by atoms with Crippen LogP contribution in [0.1, 0.15) is 37.7 Å². The Balaban J connectivity index is 1.07. The van der Waals surface area contributed by atoms with Gasteiger partial charge in [-0.05, 0) is 60.5 Å². The monoisotopic (exact) mass is 561 g/mol. The molecule has 0 aliphatic carbocycles. The SMILES string of the molecule is CC1CC(=O)N(COCC(F)(F)F)c2cc(OCCCCN3CCN(c4cccc5sccc45)CC3)ccc21. The summed E-state index contributed by atoms with van der Waals surface area (Å²) in [5.41, 5.74) is 2.80. The highest BCUT2D eigenvalue weighted by atomic mass is 32.1. The van der Waals surface area contributed by atoms with Crippen LogP contribution in [0.15, 0.2) is 47.8 Å². The first-order valence-electron chi connectivity index (χ1n) is 13.4. The summed E-state index contributed by atoms with van der Waals surface area (Å²) in [5, 5.41) is 3.49. The van der Waals surface area contributed by atoms with Crippen molar-refractivity contribution >= 4 is 38.7 Å². The molecule has 0 N–H and O–H groups in total. The number of halogens is 3. The quantitative estimate of drug-likeness (QED) is 0.274. The van der Waals surface area contributed by atoms with Crippen LogP contribution in [0, 0.1) is 0 Å². The molecule has 1 fully saturated rings. The number of nitrogens with zero attached hydrogens (tertiary/aromatic N) is 3. The normalized spacial score (nSPS) is 18.6. The number of rotatable bonds is 10. The van der Waals surface area contributed by atoms with E-state index < -0.39 is 19.5 Å². The third-order valence-corrected chi connectivity index (χ3v) is 8.30. The molecule has 0 saturated carbocycles. The first-order valence-corrected chi connectivity index (χ1v) is 14.3. The standard InChI is InChI=1S/C29H34F3N3O3S/c1-21-17-28(36)35(20-37-19-29(30,31)32)26-18-22(7-8-23(21)26)38-15-3-2-10-33-11-13-34(14-12-33)25-5-4-6-27-24(25)9-16-39-27/h4-9,16,18,21H,2-3,10-15,17,19-20H2,1H3. The van der Waals surface area contributed by atoms with E-state index in [1.807, 2.05) is 19.1 Å². The number of fused-ring (bicyclic) bond motifs is 2. The number of anilines is 2. The van der Waals surface area contributed by atoms with Crippen LogP contribution >= 0.6 is 11.3 Å². The summed E-state index contributed by atoms with van der Waals surface area (Å²) in [6.07, 6.45) is -2.30. The fourth-order valence-electron chi connectivity index (χ4n) is 5.37. The van der Waals surface area contributed by atoms with E-state index in [1.165, 1.54) is 20.7 Å². The maximum absolute atomic E-state index is 12.5. The summed E-state index contributed by atoms with van der Waals surface area (Å²) in [6, 6.07) is 14.3. The molecule has 10 heteroatoms. The lowest BCUT2D eigenvalue weighted by Gasteiger charge is -2.36. The lowest BCUT2D eigenvalue weighted by molar-refractivity contribution is -0.174. The van der Waals surface area contributed by atoms with Gasteiger partial charge in [-0.1, -0.05) is 19.1 Å². The summed E-state index contributed by atoms with van der Waals surface area (Å²) < 4.78 is 49.7. The number of hydrogen-bond donors (Lipinski definition) is 0. The molecule has 0 spiro atoms. The summed E-state index contributed by atoms with van der Waals surface area (Å²) in [4.78, 5) is 18.8. The van der Waals surface area contributed by atoms with Crippen LogP contribution in [0.25, 0.3) is 10.1 Å². The Labute approximate surface area is 230 Å². The number of alkyl halides is 3. The molecule has 3 heterocycles. The second-order valence-corrected chi connectivity index (χ2v) is 11.2. The Morgan fingerprint density at radius 1 is 1.03 bits per heavy atom. The summed E-state index contributed by atoms with van der Waals surface area (Å²) in [7, 11) is 0. The number of piperazine rings is 1. The highest BCUT2D eigenvalue weighted by Crippen LogP contribution is 2.38. The van der Waals surface area contributed by atoms with Crippen LogP contribution in [-0.4, -0.2) is 69.7 Å². The van der Waals surface area contributed by atoms with Gasteiger partial charge in [0.2, 0.25) is 5.91 Å². The Morgan fingerprint density at radius 3 is 2.64 bits per heavy atom. The minimum absolute atomic E-state index is 0.0148. The van der Waals surface area contributed by atoms with Crippen molar-refractivity contribution in [2.45, 2.75) is 38.3 Å². The second kappa shape index (κ2) is 12.1. The molecule has 1 amide bonds. The van der Waals surface area contributed by atoms with Crippen LogP contribution in [0.5, 0.6) is 5.75 Å². The first-order chi connectivity index (χ1) is 18.8. The van der Waals surface area contributed by atoms with E-state index in [0.717, 1.165) is 51.1 Å². The van der Waals surface area contributed by atoms with E-state index in [4.69, 9.17) is 9.47 Å².